The Morgan fingerprint density at radius 2 is 1.30 bits per heavy atom. The third-order valence-corrected chi connectivity index (χ3v) is 6.02. The molecule has 6 rings (SSSR count). The number of aromatic nitrogens is 3. The molecule has 0 fully saturated rings. The van der Waals surface area contributed by atoms with Crippen LogP contribution in [0.15, 0.2) is 102 Å². The summed E-state index contributed by atoms with van der Waals surface area (Å²) >= 11 is 3.56. The van der Waals surface area contributed by atoms with Gasteiger partial charge >= 0.3 is 0 Å². The summed E-state index contributed by atoms with van der Waals surface area (Å²) in [5.74, 6) is 0.925. The molecule has 0 aliphatic carbocycles. The minimum atomic E-state index is 0.925. The lowest BCUT2D eigenvalue weighted by Gasteiger charge is -2.12. The molecule has 0 amide bonds. The number of pyridine rings is 1. The number of fused-ring (bicyclic) bond motifs is 6. The van der Waals surface area contributed by atoms with Crippen LogP contribution in [0, 0.1) is 0 Å². The van der Waals surface area contributed by atoms with E-state index in [0.717, 1.165) is 54.3 Å². The highest BCUT2D eigenvalue weighted by Crippen LogP contribution is 2.38. The van der Waals surface area contributed by atoms with E-state index in [4.69, 9.17) is 9.97 Å². The van der Waals surface area contributed by atoms with E-state index in [0.29, 0.717) is 0 Å². The second-order valence-corrected chi connectivity index (χ2v) is 8.17. The van der Waals surface area contributed by atoms with Crippen molar-refractivity contribution in [2.45, 2.75) is 0 Å². The number of halogens is 1. The number of hydrogen-bond acceptors (Lipinski definition) is 2. The van der Waals surface area contributed by atoms with E-state index in [2.05, 4.69) is 99.4 Å². The molecule has 2 heterocycles. The maximum absolute atomic E-state index is 5.18. The van der Waals surface area contributed by atoms with Gasteiger partial charge in [-0.05, 0) is 36.4 Å². The van der Waals surface area contributed by atoms with Crippen molar-refractivity contribution in [2.75, 3.05) is 0 Å². The lowest BCUT2D eigenvalue weighted by molar-refractivity contribution is 1.10. The molecule has 4 aromatic carbocycles. The molecule has 0 atom stereocenters. The van der Waals surface area contributed by atoms with Crippen LogP contribution in [-0.2, 0) is 0 Å². The zero-order valence-electron chi connectivity index (χ0n) is 16.0. The molecule has 2 aromatic heterocycles. The third-order valence-electron chi connectivity index (χ3n) is 5.49. The van der Waals surface area contributed by atoms with Gasteiger partial charge in [0, 0.05) is 38.1 Å². The molecule has 0 saturated carbocycles. The minimum Gasteiger partial charge on any atom is -0.292 e. The maximum Gasteiger partial charge on any atom is 0.145 e. The Morgan fingerprint density at radius 3 is 2.07 bits per heavy atom. The molecule has 30 heavy (non-hydrogen) atoms. The number of benzene rings is 4. The summed E-state index contributed by atoms with van der Waals surface area (Å²) in [5.41, 5.74) is 5.22. The van der Waals surface area contributed by atoms with E-state index >= 15 is 0 Å². The maximum atomic E-state index is 5.18. The monoisotopic (exact) mass is 449 g/mol. The standard InChI is InChI=1S/C26H16BrN3/c27-18-12-14-19(15-13-18)30-25-22-11-6-16-28-23(22)20-9-4-5-10-21(20)24(25)29-26(30)17-7-2-1-3-8-17/h1-16H. The highest BCUT2D eigenvalue weighted by Gasteiger charge is 2.20. The van der Waals surface area contributed by atoms with Crippen LogP contribution in [0.4, 0.5) is 0 Å². The van der Waals surface area contributed by atoms with Crippen molar-refractivity contribution >= 4 is 48.6 Å². The van der Waals surface area contributed by atoms with E-state index in [1.54, 1.807) is 0 Å². The zero-order chi connectivity index (χ0) is 20.1. The summed E-state index contributed by atoms with van der Waals surface area (Å²) in [4.78, 5) is 9.93. The van der Waals surface area contributed by atoms with Crippen molar-refractivity contribution in [3.8, 4) is 17.1 Å². The van der Waals surface area contributed by atoms with Gasteiger partial charge < -0.3 is 0 Å². The average molecular weight is 450 g/mol. The van der Waals surface area contributed by atoms with Crippen molar-refractivity contribution in [3.63, 3.8) is 0 Å². The summed E-state index contributed by atoms with van der Waals surface area (Å²) in [6.45, 7) is 0. The SMILES string of the molecule is Brc1ccc(-n2c(-c3ccccc3)nc3c4ccccc4c4ncccc4c32)cc1. The molecule has 0 N–H and O–H groups in total. The quantitative estimate of drug-likeness (QED) is 0.262. The van der Waals surface area contributed by atoms with Crippen LogP contribution < -0.4 is 0 Å². The molecule has 0 aliphatic rings. The van der Waals surface area contributed by atoms with Crippen LogP contribution in [0.3, 0.4) is 0 Å². The van der Waals surface area contributed by atoms with Crippen LogP contribution in [0.5, 0.6) is 0 Å². The van der Waals surface area contributed by atoms with Gasteiger partial charge in [0.1, 0.15) is 5.82 Å². The fourth-order valence-corrected chi connectivity index (χ4v) is 4.45. The van der Waals surface area contributed by atoms with Gasteiger partial charge in [-0.2, -0.15) is 0 Å². The highest BCUT2D eigenvalue weighted by atomic mass is 79.9. The van der Waals surface area contributed by atoms with Gasteiger partial charge in [0.25, 0.3) is 0 Å². The summed E-state index contributed by atoms with van der Waals surface area (Å²) in [7, 11) is 0. The predicted octanol–water partition coefficient (Wildman–Crippen LogP) is 7.16. The summed E-state index contributed by atoms with van der Waals surface area (Å²) in [5, 5.41) is 3.34. The Hall–Kier alpha value is -3.50. The summed E-state index contributed by atoms with van der Waals surface area (Å²) < 4.78 is 3.31. The van der Waals surface area contributed by atoms with Gasteiger partial charge in [0.05, 0.1) is 16.6 Å². The van der Waals surface area contributed by atoms with Gasteiger partial charge in [-0.3, -0.25) is 9.55 Å². The molecule has 0 saturated heterocycles. The van der Waals surface area contributed by atoms with Crippen molar-refractivity contribution < 1.29 is 0 Å². The Balaban J connectivity index is 1.87. The first-order valence-electron chi connectivity index (χ1n) is 9.80. The molecule has 142 valence electrons. The smallest absolute Gasteiger partial charge is 0.145 e. The second-order valence-electron chi connectivity index (χ2n) is 7.26. The number of hydrogen-bond donors (Lipinski definition) is 0. The predicted molar refractivity (Wildman–Crippen MR) is 127 cm³/mol. The van der Waals surface area contributed by atoms with Crippen LogP contribution >= 0.6 is 15.9 Å². The Kier molecular flexibility index (Phi) is 3.93. The number of rotatable bonds is 2. The van der Waals surface area contributed by atoms with Gasteiger partial charge in [-0.15, -0.1) is 0 Å². The lowest BCUT2D eigenvalue weighted by Crippen LogP contribution is -1.98. The van der Waals surface area contributed by atoms with Crippen molar-refractivity contribution in [2.24, 2.45) is 0 Å². The molecule has 0 bridgehead atoms. The molecule has 0 unspecified atom stereocenters. The molecule has 0 spiro atoms. The minimum absolute atomic E-state index is 0.925. The van der Waals surface area contributed by atoms with Crippen LogP contribution in [0.25, 0.3) is 49.8 Å². The van der Waals surface area contributed by atoms with E-state index in [1.165, 1.54) is 0 Å². The average Bonchev–Trinajstić information content (AvgIpc) is 3.21. The van der Waals surface area contributed by atoms with Crippen molar-refractivity contribution in [1.29, 1.82) is 0 Å². The van der Waals surface area contributed by atoms with Crippen molar-refractivity contribution in [1.82, 2.24) is 14.5 Å². The third kappa shape index (κ3) is 2.57. The van der Waals surface area contributed by atoms with E-state index in [-0.39, 0.29) is 0 Å². The Bertz CT molecular complexity index is 1530. The first-order valence-corrected chi connectivity index (χ1v) is 10.6. The van der Waals surface area contributed by atoms with Crippen LogP contribution in [-0.4, -0.2) is 14.5 Å². The van der Waals surface area contributed by atoms with Crippen LogP contribution in [0.1, 0.15) is 0 Å². The molecule has 3 nitrogen and oxygen atoms in total. The molecule has 6 aromatic rings. The van der Waals surface area contributed by atoms with Gasteiger partial charge in [-0.1, -0.05) is 70.5 Å². The van der Waals surface area contributed by atoms with Gasteiger partial charge in [0.2, 0.25) is 0 Å². The Labute approximate surface area is 181 Å². The summed E-state index contributed by atoms with van der Waals surface area (Å²) in [6, 6.07) is 31.3. The Morgan fingerprint density at radius 1 is 0.633 bits per heavy atom. The van der Waals surface area contributed by atoms with E-state index in [1.807, 2.05) is 18.3 Å². The normalized spacial score (nSPS) is 11.5. The molecular formula is C26H16BrN3. The molecular weight excluding hydrogens is 434 g/mol. The highest BCUT2D eigenvalue weighted by molar-refractivity contribution is 9.10. The first kappa shape index (κ1) is 17.4. The van der Waals surface area contributed by atoms with Crippen molar-refractivity contribution in [3.05, 3.63) is 102 Å². The van der Waals surface area contributed by atoms with E-state index < -0.39 is 0 Å². The largest absolute Gasteiger partial charge is 0.292 e. The second kappa shape index (κ2) is 6.78. The van der Waals surface area contributed by atoms with Gasteiger partial charge in [0.15, 0.2) is 0 Å². The molecule has 0 aliphatic heterocycles. The van der Waals surface area contributed by atoms with Gasteiger partial charge in [-0.25, -0.2) is 4.98 Å². The number of nitrogens with zero attached hydrogens (tertiary/aromatic N) is 3. The number of imidazole rings is 1. The van der Waals surface area contributed by atoms with Crippen LogP contribution in [0.2, 0.25) is 0 Å². The topological polar surface area (TPSA) is 30.7 Å². The molecule has 4 heteroatoms. The lowest BCUT2D eigenvalue weighted by atomic mass is 10.0. The fraction of sp³-hybridized carbons (Fsp3) is 0. The molecule has 0 radical (unpaired) electrons. The summed E-state index contributed by atoms with van der Waals surface area (Å²) in [6.07, 6.45) is 1.86. The zero-order valence-corrected chi connectivity index (χ0v) is 17.5. The van der Waals surface area contributed by atoms with E-state index in [9.17, 15) is 0 Å². The first-order chi connectivity index (χ1) is 14.8. The fourth-order valence-electron chi connectivity index (χ4n) is 4.19.